The molecule has 0 amide bonds. The van der Waals surface area contributed by atoms with E-state index in [-0.39, 0.29) is 12.2 Å². The van der Waals surface area contributed by atoms with Crippen molar-refractivity contribution in [2.24, 2.45) is 0 Å². The fraction of sp³-hybridized carbons (Fsp3) is 0.200. The van der Waals surface area contributed by atoms with Gasteiger partial charge in [-0.15, -0.1) is 0 Å². The van der Waals surface area contributed by atoms with Crippen LogP contribution in [0.1, 0.15) is 17.2 Å². The lowest BCUT2D eigenvalue weighted by Crippen LogP contribution is -2.26. The van der Waals surface area contributed by atoms with Gasteiger partial charge in [0, 0.05) is 18.5 Å². The fourth-order valence-electron chi connectivity index (χ4n) is 1.90. The maximum absolute atomic E-state index is 12.5. The molecule has 2 aromatic rings. The van der Waals surface area contributed by atoms with Crippen LogP contribution in [0, 0.1) is 11.3 Å². The molecule has 0 aliphatic heterocycles. The molecule has 0 aliphatic rings. The van der Waals surface area contributed by atoms with Crippen LogP contribution in [0.5, 0.6) is 0 Å². The number of nitrogens with zero attached hydrogens (tertiary/aromatic N) is 3. The van der Waals surface area contributed by atoms with Gasteiger partial charge in [-0.3, -0.25) is 14.6 Å². The third-order valence-electron chi connectivity index (χ3n) is 3.09. The number of nitriles is 1. The second-order valence-electron chi connectivity index (χ2n) is 4.66. The highest BCUT2D eigenvalue weighted by atomic mass is 19.4. The Bertz CT molecular complexity index is 804. The summed E-state index contributed by atoms with van der Waals surface area (Å²) in [6.45, 7) is -0.361. The van der Waals surface area contributed by atoms with E-state index in [1.807, 2.05) is 0 Å². The number of alkyl halides is 3. The number of pyridine rings is 2. The van der Waals surface area contributed by atoms with Gasteiger partial charge in [0.15, 0.2) is 5.78 Å². The average Bonchev–Trinajstić information content (AvgIpc) is 2.50. The van der Waals surface area contributed by atoms with Gasteiger partial charge in [0.05, 0.1) is 23.9 Å². The molecule has 2 aromatic heterocycles. The first-order valence-corrected chi connectivity index (χ1v) is 6.44. The number of ketones is 1. The van der Waals surface area contributed by atoms with Crippen molar-refractivity contribution in [3.05, 3.63) is 64.3 Å². The minimum absolute atomic E-state index is 0.0884. The van der Waals surface area contributed by atoms with E-state index in [0.717, 1.165) is 16.7 Å². The number of carbonyl (C=O) groups is 1. The van der Waals surface area contributed by atoms with Crippen LogP contribution in [0.4, 0.5) is 13.2 Å². The lowest BCUT2D eigenvalue weighted by molar-refractivity contribution is -0.137. The number of hydrogen-bond donors (Lipinski definition) is 0. The first kappa shape index (κ1) is 16.4. The van der Waals surface area contributed by atoms with Crippen LogP contribution in [0.3, 0.4) is 0 Å². The van der Waals surface area contributed by atoms with Crippen LogP contribution >= 0.6 is 0 Å². The lowest BCUT2D eigenvalue weighted by Gasteiger charge is -2.11. The highest BCUT2D eigenvalue weighted by Gasteiger charge is 2.31. The second kappa shape index (κ2) is 6.44. The smallest absolute Gasteiger partial charge is 0.308 e. The highest BCUT2D eigenvalue weighted by molar-refractivity contribution is 5.87. The molecule has 0 fully saturated rings. The Hall–Kier alpha value is -2.95. The molecule has 0 N–H and O–H groups in total. The Labute approximate surface area is 128 Å². The summed E-state index contributed by atoms with van der Waals surface area (Å²) in [5.41, 5.74) is -1.47. The van der Waals surface area contributed by atoms with Gasteiger partial charge in [0.2, 0.25) is 0 Å². The van der Waals surface area contributed by atoms with E-state index in [9.17, 15) is 22.8 Å². The zero-order valence-electron chi connectivity index (χ0n) is 11.6. The SMILES string of the molecule is N#C[C@H](C(=O)Cn1ccccc1=O)c1ccc(C(F)(F)F)cn1. The molecule has 0 saturated heterocycles. The number of rotatable bonds is 4. The lowest BCUT2D eigenvalue weighted by atomic mass is 10.0. The van der Waals surface area contributed by atoms with Crippen molar-refractivity contribution in [2.45, 2.75) is 18.6 Å². The largest absolute Gasteiger partial charge is 0.417 e. The summed E-state index contributed by atoms with van der Waals surface area (Å²) in [6.07, 6.45) is -2.59. The summed E-state index contributed by atoms with van der Waals surface area (Å²) in [7, 11) is 0. The molecule has 0 bridgehead atoms. The Balaban J connectivity index is 2.23. The number of carbonyl (C=O) groups excluding carboxylic acids is 1. The van der Waals surface area contributed by atoms with Crippen LogP contribution in [0.25, 0.3) is 0 Å². The summed E-state index contributed by atoms with van der Waals surface area (Å²) in [5, 5.41) is 9.11. The molecular formula is C15H10F3N3O2. The number of halogens is 3. The zero-order chi connectivity index (χ0) is 17.0. The summed E-state index contributed by atoms with van der Waals surface area (Å²) >= 11 is 0. The van der Waals surface area contributed by atoms with Crippen molar-refractivity contribution in [2.75, 3.05) is 0 Å². The van der Waals surface area contributed by atoms with Crippen molar-refractivity contribution in [3.8, 4) is 6.07 Å². The van der Waals surface area contributed by atoms with Crippen molar-refractivity contribution in [1.82, 2.24) is 9.55 Å². The minimum Gasteiger partial charge on any atom is -0.308 e. The average molecular weight is 321 g/mol. The molecular weight excluding hydrogens is 311 g/mol. The van der Waals surface area contributed by atoms with Gasteiger partial charge in [0.1, 0.15) is 5.92 Å². The Kier molecular flexibility index (Phi) is 4.60. The molecule has 0 saturated carbocycles. The predicted molar refractivity (Wildman–Crippen MR) is 73.3 cm³/mol. The van der Waals surface area contributed by atoms with Crippen LogP contribution in [-0.4, -0.2) is 15.3 Å². The van der Waals surface area contributed by atoms with Crippen molar-refractivity contribution in [1.29, 1.82) is 5.26 Å². The van der Waals surface area contributed by atoms with E-state index >= 15 is 0 Å². The standard InChI is InChI=1S/C15H10F3N3O2/c16-15(17,18)10-4-5-12(20-8-10)11(7-19)13(22)9-21-6-2-1-3-14(21)23/h1-6,8,11H,9H2/t11-/m0/s1. The third kappa shape index (κ3) is 3.83. The zero-order valence-corrected chi connectivity index (χ0v) is 11.6. The van der Waals surface area contributed by atoms with Crippen LogP contribution in [0.2, 0.25) is 0 Å². The quantitative estimate of drug-likeness (QED) is 0.864. The van der Waals surface area contributed by atoms with Crippen molar-refractivity contribution in [3.63, 3.8) is 0 Å². The van der Waals surface area contributed by atoms with Gasteiger partial charge < -0.3 is 4.57 Å². The van der Waals surface area contributed by atoms with E-state index in [4.69, 9.17) is 5.26 Å². The van der Waals surface area contributed by atoms with Crippen molar-refractivity contribution < 1.29 is 18.0 Å². The topological polar surface area (TPSA) is 75.8 Å². The molecule has 1 atom stereocenters. The van der Waals surface area contributed by atoms with Gasteiger partial charge in [-0.1, -0.05) is 6.07 Å². The predicted octanol–water partition coefficient (Wildman–Crippen LogP) is 2.14. The molecule has 0 spiro atoms. The Morgan fingerprint density at radius 3 is 2.57 bits per heavy atom. The van der Waals surface area contributed by atoms with E-state index < -0.39 is 29.0 Å². The first-order valence-electron chi connectivity index (χ1n) is 6.44. The summed E-state index contributed by atoms with van der Waals surface area (Å²) in [4.78, 5) is 27.2. The Morgan fingerprint density at radius 1 is 1.30 bits per heavy atom. The van der Waals surface area contributed by atoms with Crippen molar-refractivity contribution >= 4 is 5.78 Å². The number of aromatic nitrogens is 2. The molecule has 0 aromatic carbocycles. The summed E-state index contributed by atoms with van der Waals surface area (Å²) < 4.78 is 38.6. The molecule has 0 unspecified atom stereocenters. The molecule has 23 heavy (non-hydrogen) atoms. The molecule has 0 radical (unpaired) electrons. The maximum atomic E-state index is 12.5. The van der Waals surface area contributed by atoms with Crippen LogP contribution < -0.4 is 5.56 Å². The molecule has 5 nitrogen and oxygen atoms in total. The Morgan fingerprint density at radius 2 is 2.04 bits per heavy atom. The monoisotopic (exact) mass is 321 g/mol. The molecule has 118 valence electrons. The summed E-state index contributed by atoms with van der Waals surface area (Å²) in [5.74, 6) is -1.97. The summed E-state index contributed by atoms with van der Waals surface area (Å²) in [6, 6.07) is 7.76. The van der Waals surface area contributed by atoms with Gasteiger partial charge >= 0.3 is 6.18 Å². The van der Waals surface area contributed by atoms with Gasteiger partial charge in [-0.25, -0.2) is 0 Å². The molecule has 2 heterocycles. The number of Topliss-reactive ketones (excluding diaryl/α,β-unsaturated/α-hetero) is 1. The maximum Gasteiger partial charge on any atom is 0.417 e. The fourth-order valence-corrected chi connectivity index (χ4v) is 1.90. The van der Waals surface area contributed by atoms with Gasteiger partial charge in [-0.05, 0) is 18.2 Å². The molecule has 0 aliphatic carbocycles. The van der Waals surface area contributed by atoms with E-state index in [1.54, 1.807) is 12.1 Å². The van der Waals surface area contributed by atoms with Gasteiger partial charge in [-0.2, -0.15) is 18.4 Å². The molecule has 2 rings (SSSR count). The second-order valence-corrected chi connectivity index (χ2v) is 4.66. The van der Waals surface area contributed by atoms with Gasteiger partial charge in [0.25, 0.3) is 5.56 Å². The number of hydrogen-bond acceptors (Lipinski definition) is 4. The highest BCUT2D eigenvalue weighted by Crippen LogP contribution is 2.29. The van der Waals surface area contributed by atoms with Crippen LogP contribution in [-0.2, 0) is 17.5 Å². The van der Waals surface area contributed by atoms with E-state index in [2.05, 4.69) is 4.98 Å². The third-order valence-corrected chi connectivity index (χ3v) is 3.09. The first-order chi connectivity index (χ1) is 10.8. The minimum atomic E-state index is -4.55. The molecule has 8 heteroatoms. The van der Waals surface area contributed by atoms with E-state index in [0.29, 0.717) is 6.20 Å². The van der Waals surface area contributed by atoms with E-state index in [1.165, 1.54) is 18.3 Å². The van der Waals surface area contributed by atoms with Crippen LogP contribution in [0.15, 0.2) is 47.5 Å². The normalized spacial score (nSPS) is 12.4.